The average molecular weight is 393 g/mol. The minimum absolute atomic E-state index is 0.0389. The second kappa shape index (κ2) is 12.1. The van der Waals surface area contributed by atoms with Gasteiger partial charge in [-0.05, 0) is 69.2 Å². The van der Waals surface area contributed by atoms with Gasteiger partial charge in [-0.15, -0.1) is 0 Å². The fourth-order valence-electron chi connectivity index (χ4n) is 3.58. The van der Waals surface area contributed by atoms with Crippen LogP contribution in [-0.2, 0) is 11.2 Å². The molecule has 4 heteroatoms. The molecule has 0 atom stereocenters. The van der Waals surface area contributed by atoms with Crippen molar-refractivity contribution in [3.63, 3.8) is 0 Å². The second-order valence-electron chi connectivity index (χ2n) is 7.52. The van der Waals surface area contributed by atoms with Crippen molar-refractivity contribution in [1.29, 1.82) is 0 Å². The lowest BCUT2D eigenvalue weighted by Gasteiger charge is -2.14. The summed E-state index contributed by atoms with van der Waals surface area (Å²) in [6.45, 7) is 1.78. The maximum absolute atomic E-state index is 12.3. The quantitative estimate of drug-likeness (QED) is 0.412. The molecular formula is C25H32N2O2. The van der Waals surface area contributed by atoms with Crippen molar-refractivity contribution in [3.05, 3.63) is 71.8 Å². The van der Waals surface area contributed by atoms with E-state index >= 15 is 0 Å². The van der Waals surface area contributed by atoms with Crippen LogP contribution in [0.4, 0.5) is 5.69 Å². The monoisotopic (exact) mass is 392 g/mol. The van der Waals surface area contributed by atoms with Gasteiger partial charge in [0.2, 0.25) is 5.91 Å². The van der Waals surface area contributed by atoms with Crippen molar-refractivity contribution in [2.45, 2.75) is 44.9 Å². The molecule has 0 radical (unpaired) electrons. The van der Waals surface area contributed by atoms with Gasteiger partial charge in [-0.3, -0.25) is 4.79 Å². The predicted molar refractivity (Wildman–Crippen MR) is 119 cm³/mol. The molecule has 0 spiro atoms. The first kappa shape index (κ1) is 21.1. The number of aryl methyl sites for hydroxylation is 1. The van der Waals surface area contributed by atoms with Crippen LogP contribution in [0.25, 0.3) is 0 Å². The molecule has 0 saturated carbocycles. The summed E-state index contributed by atoms with van der Waals surface area (Å²) in [4.78, 5) is 12.3. The number of amides is 1. The highest BCUT2D eigenvalue weighted by molar-refractivity contribution is 5.93. The third-order valence-corrected chi connectivity index (χ3v) is 5.16. The summed E-state index contributed by atoms with van der Waals surface area (Å²) in [5.41, 5.74) is 3.57. The average Bonchev–Trinajstić information content (AvgIpc) is 2.77. The molecule has 29 heavy (non-hydrogen) atoms. The topological polar surface area (TPSA) is 50.4 Å². The Labute approximate surface area is 174 Å². The molecule has 3 rings (SSSR count). The van der Waals surface area contributed by atoms with Crippen LogP contribution in [0.2, 0.25) is 0 Å². The van der Waals surface area contributed by atoms with Crippen molar-refractivity contribution in [3.8, 4) is 5.75 Å². The van der Waals surface area contributed by atoms with Gasteiger partial charge in [0.25, 0.3) is 0 Å². The molecule has 1 aliphatic carbocycles. The van der Waals surface area contributed by atoms with Gasteiger partial charge in [-0.1, -0.05) is 54.1 Å². The Bertz CT molecular complexity index is 786. The lowest BCUT2D eigenvalue weighted by molar-refractivity contribution is -0.115. The van der Waals surface area contributed by atoms with Crippen LogP contribution in [0.15, 0.2) is 66.2 Å². The lowest BCUT2D eigenvalue weighted by atomic mass is 9.97. The summed E-state index contributed by atoms with van der Waals surface area (Å²) < 4.78 is 5.92. The van der Waals surface area contributed by atoms with Crippen molar-refractivity contribution < 1.29 is 9.53 Å². The molecule has 4 nitrogen and oxygen atoms in total. The van der Waals surface area contributed by atoms with E-state index in [1.54, 1.807) is 0 Å². The van der Waals surface area contributed by atoms with Crippen LogP contribution in [0.3, 0.4) is 0 Å². The number of benzene rings is 2. The molecule has 0 aromatic heterocycles. The number of carbonyl (C=O) groups is 1. The fourth-order valence-corrected chi connectivity index (χ4v) is 3.58. The van der Waals surface area contributed by atoms with Crippen LogP contribution in [0, 0.1) is 0 Å². The van der Waals surface area contributed by atoms with Crippen molar-refractivity contribution >= 4 is 11.6 Å². The number of ether oxygens (including phenoxy) is 1. The smallest absolute Gasteiger partial charge is 0.238 e. The van der Waals surface area contributed by atoms with Crippen LogP contribution >= 0.6 is 0 Å². The van der Waals surface area contributed by atoms with Crippen LogP contribution < -0.4 is 15.4 Å². The summed E-state index contributed by atoms with van der Waals surface area (Å²) in [6, 6.07) is 18.0. The third kappa shape index (κ3) is 7.74. The van der Waals surface area contributed by atoms with Crippen molar-refractivity contribution in [2.24, 2.45) is 0 Å². The maximum atomic E-state index is 12.3. The van der Waals surface area contributed by atoms with E-state index in [0.29, 0.717) is 13.2 Å². The van der Waals surface area contributed by atoms with Crippen LogP contribution in [-0.4, -0.2) is 25.6 Å². The van der Waals surface area contributed by atoms with Gasteiger partial charge in [0.1, 0.15) is 5.75 Å². The van der Waals surface area contributed by atoms with Gasteiger partial charge in [-0.25, -0.2) is 0 Å². The predicted octanol–water partition coefficient (Wildman–Crippen LogP) is 5.12. The SMILES string of the molecule is O=C(CNCCC1=CCCCC1)Nc1ccccc1OCCCc1ccccc1. The second-order valence-corrected chi connectivity index (χ2v) is 7.52. The normalized spacial score (nSPS) is 13.6. The molecule has 0 heterocycles. The number of allylic oxidation sites excluding steroid dienone is 1. The number of hydrogen-bond donors (Lipinski definition) is 2. The van der Waals surface area contributed by atoms with Crippen molar-refractivity contribution in [2.75, 3.05) is 25.0 Å². The number of anilines is 1. The highest BCUT2D eigenvalue weighted by atomic mass is 16.5. The molecule has 0 saturated heterocycles. The van der Waals surface area contributed by atoms with Crippen LogP contribution in [0.5, 0.6) is 5.75 Å². The van der Waals surface area contributed by atoms with E-state index in [1.165, 1.54) is 36.8 Å². The summed E-state index contributed by atoms with van der Waals surface area (Å²) in [5.74, 6) is 0.684. The molecule has 0 aliphatic heterocycles. The van der Waals surface area contributed by atoms with Gasteiger partial charge >= 0.3 is 0 Å². The number of para-hydroxylation sites is 2. The summed E-state index contributed by atoms with van der Waals surface area (Å²) in [5, 5.41) is 6.22. The third-order valence-electron chi connectivity index (χ3n) is 5.16. The molecule has 0 bridgehead atoms. The molecule has 2 aromatic rings. The van der Waals surface area contributed by atoms with E-state index in [-0.39, 0.29) is 5.91 Å². The molecule has 0 unspecified atom stereocenters. The summed E-state index contributed by atoms with van der Waals surface area (Å²) in [6.07, 6.45) is 10.3. The number of nitrogens with one attached hydrogen (secondary N) is 2. The molecule has 2 N–H and O–H groups in total. The van der Waals surface area contributed by atoms with E-state index < -0.39 is 0 Å². The highest BCUT2D eigenvalue weighted by Crippen LogP contribution is 2.24. The van der Waals surface area contributed by atoms with Gasteiger partial charge in [0.15, 0.2) is 0 Å². The summed E-state index contributed by atoms with van der Waals surface area (Å²) in [7, 11) is 0. The Morgan fingerprint density at radius 1 is 0.966 bits per heavy atom. The van der Waals surface area contributed by atoms with E-state index in [9.17, 15) is 4.79 Å². The zero-order valence-electron chi connectivity index (χ0n) is 17.2. The number of hydrogen-bond acceptors (Lipinski definition) is 3. The largest absolute Gasteiger partial charge is 0.491 e. The first-order chi connectivity index (χ1) is 14.3. The van der Waals surface area contributed by atoms with E-state index in [1.807, 2.05) is 30.3 Å². The highest BCUT2D eigenvalue weighted by Gasteiger charge is 2.08. The minimum Gasteiger partial charge on any atom is -0.491 e. The zero-order valence-corrected chi connectivity index (χ0v) is 17.2. The minimum atomic E-state index is -0.0389. The fraction of sp³-hybridized carbons (Fsp3) is 0.400. The van der Waals surface area contributed by atoms with Gasteiger partial charge in [0.05, 0.1) is 18.8 Å². The van der Waals surface area contributed by atoms with E-state index in [4.69, 9.17) is 4.74 Å². The van der Waals surface area contributed by atoms with Gasteiger partial charge in [-0.2, -0.15) is 0 Å². The number of carbonyl (C=O) groups excluding carboxylic acids is 1. The van der Waals surface area contributed by atoms with Gasteiger partial charge < -0.3 is 15.4 Å². The standard InChI is InChI=1S/C25H32N2O2/c28-25(20-26-18-17-22-12-5-2-6-13-22)27-23-15-7-8-16-24(23)29-19-9-14-21-10-3-1-4-11-21/h1,3-4,7-8,10-12,15-16,26H,2,5-6,9,13-14,17-20H2,(H,27,28). The van der Waals surface area contributed by atoms with Crippen LogP contribution in [0.1, 0.15) is 44.1 Å². The Morgan fingerprint density at radius 2 is 1.79 bits per heavy atom. The van der Waals surface area contributed by atoms with E-state index in [0.717, 1.165) is 37.2 Å². The Morgan fingerprint density at radius 3 is 2.62 bits per heavy atom. The number of rotatable bonds is 11. The molecule has 154 valence electrons. The van der Waals surface area contributed by atoms with Gasteiger partial charge in [0, 0.05) is 0 Å². The molecule has 2 aromatic carbocycles. The molecule has 1 amide bonds. The lowest BCUT2D eigenvalue weighted by Crippen LogP contribution is -2.29. The Kier molecular flexibility index (Phi) is 8.80. The van der Waals surface area contributed by atoms with E-state index in [2.05, 4.69) is 41.0 Å². The zero-order chi connectivity index (χ0) is 20.2. The van der Waals surface area contributed by atoms with Crippen molar-refractivity contribution in [1.82, 2.24) is 5.32 Å². The molecular weight excluding hydrogens is 360 g/mol. The first-order valence-electron chi connectivity index (χ1n) is 10.8. The maximum Gasteiger partial charge on any atom is 0.238 e. The first-order valence-corrected chi connectivity index (χ1v) is 10.8. The Hall–Kier alpha value is -2.59. The molecule has 1 aliphatic rings. The Balaban J connectivity index is 1.37. The molecule has 0 fully saturated rings. The summed E-state index contributed by atoms with van der Waals surface area (Å²) >= 11 is 0.